The number of aryl methyl sites for hydroxylation is 1. The number of hydrogen-bond donors (Lipinski definition) is 1. The van der Waals surface area contributed by atoms with Gasteiger partial charge in [0.25, 0.3) is 0 Å². The Kier molecular flexibility index (Phi) is 3.59. The first-order valence-corrected chi connectivity index (χ1v) is 5.92. The van der Waals surface area contributed by atoms with E-state index in [0.717, 1.165) is 0 Å². The predicted octanol–water partition coefficient (Wildman–Crippen LogP) is -0.356. The molecule has 2 N–H and O–H groups in total. The maximum Gasteiger partial charge on any atom is 0.230 e. The van der Waals surface area contributed by atoms with Crippen LogP contribution in [-0.2, 0) is 16.0 Å². The fourth-order valence-electron chi connectivity index (χ4n) is 2.07. The fraction of sp³-hybridized carbons (Fsp3) is 0.636. The van der Waals surface area contributed by atoms with Gasteiger partial charge in [0.2, 0.25) is 17.7 Å². The van der Waals surface area contributed by atoms with E-state index in [4.69, 9.17) is 10.3 Å². The van der Waals surface area contributed by atoms with Crippen molar-refractivity contribution in [3.8, 4) is 0 Å². The molecule has 0 bridgehead atoms. The van der Waals surface area contributed by atoms with Gasteiger partial charge in [-0.05, 0) is 12.8 Å². The zero-order chi connectivity index (χ0) is 13.1. The quantitative estimate of drug-likeness (QED) is 0.791. The maximum atomic E-state index is 11.9. The van der Waals surface area contributed by atoms with E-state index in [1.807, 2.05) is 0 Å². The van der Waals surface area contributed by atoms with Crippen LogP contribution in [0.15, 0.2) is 4.52 Å². The number of nitrogens with two attached hydrogens (primary N) is 1. The van der Waals surface area contributed by atoms with Gasteiger partial charge in [0.1, 0.15) is 0 Å². The lowest BCUT2D eigenvalue weighted by Gasteiger charge is -2.30. The molecule has 1 aliphatic rings. The van der Waals surface area contributed by atoms with E-state index in [9.17, 15) is 9.59 Å². The summed E-state index contributed by atoms with van der Waals surface area (Å²) < 4.78 is 4.81. The van der Waals surface area contributed by atoms with E-state index in [0.29, 0.717) is 37.6 Å². The van der Waals surface area contributed by atoms with Crippen molar-refractivity contribution in [3.05, 3.63) is 11.7 Å². The van der Waals surface area contributed by atoms with Gasteiger partial charge < -0.3 is 15.2 Å². The smallest absolute Gasteiger partial charge is 0.230 e. The summed E-state index contributed by atoms with van der Waals surface area (Å²) in [6.07, 6.45) is 1.40. The summed E-state index contributed by atoms with van der Waals surface area (Å²) in [5.41, 5.74) is 5.24. The van der Waals surface area contributed by atoms with Crippen LogP contribution in [0.4, 0.5) is 0 Å². The summed E-state index contributed by atoms with van der Waals surface area (Å²) in [5.74, 6) is 0.413. The third-order valence-electron chi connectivity index (χ3n) is 3.13. The van der Waals surface area contributed by atoms with Crippen LogP contribution in [0.5, 0.6) is 0 Å². The second-order valence-corrected chi connectivity index (χ2v) is 4.46. The van der Waals surface area contributed by atoms with Gasteiger partial charge in [-0.1, -0.05) is 5.16 Å². The molecule has 1 saturated heterocycles. The van der Waals surface area contributed by atoms with Crippen molar-refractivity contribution in [2.75, 3.05) is 13.1 Å². The van der Waals surface area contributed by atoms with E-state index in [-0.39, 0.29) is 24.2 Å². The molecule has 1 aromatic heterocycles. The number of amides is 2. The number of primary amides is 1. The monoisotopic (exact) mass is 252 g/mol. The molecule has 1 aromatic rings. The zero-order valence-corrected chi connectivity index (χ0v) is 10.3. The Bertz CT molecular complexity index is 449. The number of likely N-dealkylation sites (tertiary alicyclic amines) is 1. The maximum absolute atomic E-state index is 11.9. The molecule has 2 amide bonds. The Hall–Kier alpha value is -1.92. The van der Waals surface area contributed by atoms with Gasteiger partial charge in [-0.25, -0.2) is 0 Å². The largest absolute Gasteiger partial charge is 0.369 e. The SMILES string of the molecule is Cc1nc(CC(=O)N2CCC(C(N)=O)CC2)no1. The Morgan fingerprint density at radius 1 is 1.44 bits per heavy atom. The average molecular weight is 252 g/mol. The highest BCUT2D eigenvalue weighted by atomic mass is 16.5. The molecule has 0 unspecified atom stereocenters. The van der Waals surface area contributed by atoms with Crippen LogP contribution >= 0.6 is 0 Å². The number of aromatic nitrogens is 2. The highest BCUT2D eigenvalue weighted by Crippen LogP contribution is 2.17. The molecular formula is C11H16N4O3. The van der Waals surface area contributed by atoms with Crippen molar-refractivity contribution in [1.82, 2.24) is 15.0 Å². The minimum absolute atomic E-state index is 0.0429. The second-order valence-electron chi connectivity index (χ2n) is 4.46. The molecule has 2 rings (SSSR count). The molecule has 0 aromatic carbocycles. The molecule has 2 heterocycles. The summed E-state index contributed by atoms with van der Waals surface area (Å²) in [5, 5.41) is 3.69. The molecular weight excluding hydrogens is 236 g/mol. The molecule has 0 aliphatic carbocycles. The number of hydrogen-bond acceptors (Lipinski definition) is 5. The average Bonchev–Trinajstić information content (AvgIpc) is 2.75. The lowest BCUT2D eigenvalue weighted by molar-refractivity contribution is -0.134. The summed E-state index contributed by atoms with van der Waals surface area (Å²) in [4.78, 5) is 28.7. The number of rotatable bonds is 3. The molecule has 0 saturated carbocycles. The van der Waals surface area contributed by atoms with Crippen LogP contribution in [0.2, 0.25) is 0 Å². The molecule has 7 heteroatoms. The first-order chi connectivity index (χ1) is 8.56. The van der Waals surface area contributed by atoms with Crippen LogP contribution in [-0.4, -0.2) is 39.9 Å². The highest BCUT2D eigenvalue weighted by Gasteiger charge is 2.26. The van der Waals surface area contributed by atoms with Crippen molar-refractivity contribution in [2.45, 2.75) is 26.2 Å². The first-order valence-electron chi connectivity index (χ1n) is 5.92. The summed E-state index contributed by atoms with van der Waals surface area (Å²) >= 11 is 0. The predicted molar refractivity (Wildman–Crippen MR) is 61.2 cm³/mol. The van der Waals surface area contributed by atoms with E-state index in [1.54, 1.807) is 11.8 Å². The minimum Gasteiger partial charge on any atom is -0.369 e. The van der Waals surface area contributed by atoms with Crippen LogP contribution in [0.1, 0.15) is 24.6 Å². The van der Waals surface area contributed by atoms with Gasteiger partial charge in [-0.2, -0.15) is 4.98 Å². The van der Waals surface area contributed by atoms with Crippen molar-refractivity contribution in [1.29, 1.82) is 0 Å². The van der Waals surface area contributed by atoms with Crippen LogP contribution in [0.3, 0.4) is 0 Å². The molecule has 18 heavy (non-hydrogen) atoms. The van der Waals surface area contributed by atoms with E-state index >= 15 is 0 Å². The van der Waals surface area contributed by atoms with E-state index in [1.165, 1.54) is 0 Å². The zero-order valence-electron chi connectivity index (χ0n) is 10.3. The topological polar surface area (TPSA) is 102 Å². The first kappa shape index (κ1) is 12.5. The highest BCUT2D eigenvalue weighted by molar-refractivity contribution is 5.79. The van der Waals surface area contributed by atoms with Crippen LogP contribution < -0.4 is 5.73 Å². The van der Waals surface area contributed by atoms with Gasteiger partial charge in [0.05, 0.1) is 6.42 Å². The van der Waals surface area contributed by atoms with Gasteiger partial charge in [0.15, 0.2) is 5.82 Å². The van der Waals surface area contributed by atoms with Crippen LogP contribution in [0, 0.1) is 12.8 Å². The van der Waals surface area contributed by atoms with E-state index in [2.05, 4.69) is 10.1 Å². The van der Waals surface area contributed by atoms with Crippen molar-refractivity contribution in [3.63, 3.8) is 0 Å². The fourth-order valence-corrected chi connectivity index (χ4v) is 2.07. The summed E-state index contributed by atoms with van der Waals surface area (Å²) in [7, 11) is 0. The number of carbonyl (C=O) groups is 2. The van der Waals surface area contributed by atoms with Crippen molar-refractivity contribution in [2.24, 2.45) is 11.7 Å². The van der Waals surface area contributed by atoms with Crippen LogP contribution in [0.25, 0.3) is 0 Å². The van der Waals surface area contributed by atoms with Gasteiger partial charge in [0, 0.05) is 25.9 Å². The number of nitrogens with zero attached hydrogens (tertiary/aromatic N) is 3. The molecule has 98 valence electrons. The van der Waals surface area contributed by atoms with Crippen molar-refractivity contribution >= 4 is 11.8 Å². The third kappa shape index (κ3) is 2.85. The summed E-state index contributed by atoms with van der Waals surface area (Å²) in [6.45, 7) is 2.80. The normalized spacial score (nSPS) is 16.8. The Labute approximate surface area is 104 Å². The van der Waals surface area contributed by atoms with Gasteiger partial charge in [-0.15, -0.1) is 0 Å². The standard InChI is InChI=1S/C11H16N4O3/c1-7-13-9(14-18-7)6-10(16)15-4-2-8(3-5-15)11(12)17/h8H,2-6H2,1H3,(H2,12,17). The van der Waals surface area contributed by atoms with E-state index < -0.39 is 0 Å². The lowest BCUT2D eigenvalue weighted by atomic mass is 9.96. The third-order valence-corrected chi connectivity index (χ3v) is 3.13. The van der Waals surface area contributed by atoms with Gasteiger partial charge >= 0.3 is 0 Å². The molecule has 7 nitrogen and oxygen atoms in total. The summed E-state index contributed by atoms with van der Waals surface area (Å²) in [6, 6.07) is 0. The number of piperidine rings is 1. The Morgan fingerprint density at radius 2 is 2.11 bits per heavy atom. The molecule has 0 atom stereocenters. The number of carbonyl (C=O) groups excluding carboxylic acids is 2. The Morgan fingerprint density at radius 3 is 2.61 bits per heavy atom. The van der Waals surface area contributed by atoms with Crippen molar-refractivity contribution < 1.29 is 14.1 Å². The van der Waals surface area contributed by atoms with Gasteiger partial charge in [-0.3, -0.25) is 9.59 Å². The second kappa shape index (κ2) is 5.16. The Balaban J connectivity index is 1.86. The molecule has 0 radical (unpaired) electrons. The molecule has 1 aliphatic heterocycles. The molecule has 0 spiro atoms. The minimum atomic E-state index is -0.282. The lowest BCUT2D eigenvalue weighted by Crippen LogP contribution is -2.42. The molecule has 1 fully saturated rings.